The van der Waals surface area contributed by atoms with Gasteiger partial charge in [-0.1, -0.05) is 13.0 Å². The van der Waals surface area contributed by atoms with E-state index in [9.17, 15) is 0 Å². The molecule has 0 saturated heterocycles. The number of anilines is 1. The Kier molecular flexibility index (Phi) is 3.11. The van der Waals surface area contributed by atoms with Gasteiger partial charge in [0.25, 0.3) is 0 Å². The lowest BCUT2D eigenvalue weighted by atomic mass is 10.3. The van der Waals surface area contributed by atoms with Gasteiger partial charge in [0.1, 0.15) is 11.5 Å². The topological polar surface area (TPSA) is 29.3 Å². The molecule has 0 aliphatic heterocycles. The molecule has 2 rings (SSSR count). The van der Waals surface area contributed by atoms with Crippen molar-refractivity contribution in [3.8, 4) is 0 Å². The van der Waals surface area contributed by atoms with Gasteiger partial charge < -0.3 is 5.32 Å². The van der Waals surface area contributed by atoms with E-state index < -0.39 is 0 Å². The molecule has 15 heavy (non-hydrogen) atoms. The lowest BCUT2D eigenvalue weighted by molar-refractivity contribution is 0.838. The Hall–Kier alpha value is -1.22. The lowest BCUT2D eigenvalue weighted by Gasteiger charge is -2.11. The van der Waals surface area contributed by atoms with Crippen molar-refractivity contribution in [2.75, 3.05) is 11.9 Å². The second-order valence-corrected chi connectivity index (χ2v) is 4.07. The number of fused-ring (bicyclic) bond motifs is 1. The molecule has 0 aromatic carbocycles. The van der Waals surface area contributed by atoms with Crippen LogP contribution < -0.4 is 5.32 Å². The van der Waals surface area contributed by atoms with Crippen molar-refractivity contribution in [3.05, 3.63) is 30.6 Å². The quantitative estimate of drug-likeness (QED) is 0.808. The molecule has 80 valence electrons. The van der Waals surface area contributed by atoms with Crippen LogP contribution in [0, 0.1) is 0 Å². The fourth-order valence-corrected chi connectivity index (χ4v) is 1.53. The SMILES string of the molecule is CCC(Cl)CNc1cccc2nccn12. The van der Waals surface area contributed by atoms with E-state index >= 15 is 0 Å². The number of aromatic nitrogens is 2. The van der Waals surface area contributed by atoms with Crippen molar-refractivity contribution in [2.24, 2.45) is 0 Å². The predicted molar refractivity (Wildman–Crippen MR) is 63.6 cm³/mol. The third-order valence-corrected chi connectivity index (χ3v) is 2.84. The Balaban J connectivity index is 2.17. The molecule has 2 heterocycles. The number of halogens is 1. The van der Waals surface area contributed by atoms with Crippen molar-refractivity contribution >= 4 is 23.1 Å². The average molecular weight is 224 g/mol. The molecule has 1 unspecified atom stereocenters. The smallest absolute Gasteiger partial charge is 0.138 e. The molecule has 0 spiro atoms. The third kappa shape index (κ3) is 2.23. The predicted octanol–water partition coefficient (Wildman–Crippen LogP) is 2.76. The number of pyridine rings is 1. The van der Waals surface area contributed by atoms with Gasteiger partial charge in [0.15, 0.2) is 0 Å². The van der Waals surface area contributed by atoms with Crippen LogP contribution in [0.2, 0.25) is 0 Å². The van der Waals surface area contributed by atoms with Crippen molar-refractivity contribution in [1.29, 1.82) is 0 Å². The maximum Gasteiger partial charge on any atom is 0.138 e. The number of hydrogen-bond acceptors (Lipinski definition) is 2. The summed E-state index contributed by atoms with van der Waals surface area (Å²) in [5.74, 6) is 1.03. The van der Waals surface area contributed by atoms with Crippen LogP contribution in [0.1, 0.15) is 13.3 Å². The highest BCUT2D eigenvalue weighted by Crippen LogP contribution is 2.11. The minimum absolute atomic E-state index is 0.170. The minimum Gasteiger partial charge on any atom is -0.370 e. The van der Waals surface area contributed by atoms with Gasteiger partial charge >= 0.3 is 0 Å². The first-order chi connectivity index (χ1) is 7.31. The van der Waals surface area contributed by atoms with Gasteiger partial charge in [-0.2, -0.15) is 0 Å². The van der Waals surface area contributed by atoms with Crippen LogP contribution in [-0.4, -0.2) is 21.3 Å². The first kappa shape index (κ1) is 10.3. The highest BCUT2D eigenvalue weighted by molar-refractivity contribution is 6.20. The van der Waals surface area contributed by atoms with Crippen LogP contribution in [0.5, 0.6) is 0 Å². The second kappa shape index (κ2) is 4.53. The van der Waals surface area contributed by atoms with Crippen LogP contribution in [0.4, 0.5) is 5.82 Å². The number of nitrogens with one attached hydrogen (secondary N) is 1. The summed E-state index contributed by atoms with van der Waals surface area (Å²) in [5.41, 5.74) is 0.947. The van der Waals surface area contributed by atoms with Crippen LogP contribution in [0.3, 0.4) is 0 Å². The Bertz CT molecular complexity index is 438. The summed E-state index contributed by atoms with van der Waals surface area (Å²) >= 11 is 6.05. The van der Waals surface area contributed by atoms with Crippen LogP contribution in [0.25, 0.3) is 5.65 Å². The first-order valence-corrected chi connectivity index (χ1v) is 5.55. The zero-order valence-electron chi connectivity index (χ0n) is 8.65. The summed E-state index contributed by atoms with van der Waals surface area (Å²) in [5, 5.41) is 3.49. The highest BCUT2D eigenvalue weighted by atomic mass is 35.5. The Morgan fingerprint density at radius 1 is 1.53 bits per heavy atom. The maximum atomic E-state index is 6.05. The van der Waals surface area contributed by atoms with Gasteiger partial charge in [0.2, 0.25) is 0 Å². The van der Waals surface area contributed by atoms with E-state index in [4.69, 9.17) is 11.6 Å². The molecule has 0 fully saturated rings. The van der Waals surface area contributed by atoms with Crippen LogP contribution in [0.15, 0.2) is 30.6 Å². The van der Waals surface area contributed by atoms with E-state index in [-0.39, 0.29) is 5.38 Å². The largest absolute Gasteiger partial charge is 0.370 e. The molecule has 1 atom stereocenters. The van der Waals surface area contributed by atoms with Gasteiger partial charge in [-0.25, -0.2) is 4.98 Å². The van der Waals surface area contributed by atoms with E-state index in [0.29, 0.717) is 0 Å². The summed E-state index contributed by atoms with van der Waals surface area (Å²) in [7, 11) is 0. The summed E-state index contributed by atoms with van der Waals surface area (Å²) in [6, 6.07) is 5.98. The van der Waals surface area contributed by atoms with Gasteiger partial charge in [0.05, 0.1) is 5.38 Å². The summed E-state index contributed by atoms with van der Waals surface area (Å²) < 4.78 is 2.01. The average Bonchev–Trinajstić information content (AvgIpc) is 2.74. The number of rotatable bonds is 4. The number of alkyl halides is 1. The summed E-state index contributed by atoms with van der Waals surface area (Å²) in [6.07, 6.45) is 4.69. The molecule has 2 aromatic rings. The van der Waals surface area contributed by atoms with Gasteiger partial charge in [0, 0.05) is 18.9 Å². The number of hydrogen-bond donors (Lipinski definition) is 1. The standard InChI is InChI=1S/C11H14ClN3/c1-2-9(12)8-14-11-5-3-4-10-13-6-7-15(10)11/h3-7,9,14H,2,8H2,1H3. The molecule has 0 aliphatic carbocycles. The zero-order valence-corrected chi connectivity index (χ0v) is 9.41. The van der Waals surface area contributed by atoms with Crippen LogP contribution in [-0.2, 0) is 0 Å². The fourth-order valence-electron chi connectivity index (χ4n) is 1.45. The first-order valence-electron chi connectivity index (χ1n) is 5.11. The van der Waals surface area contributed by atoms with E-state index in [1.807, 2.05) is 28.8 Å². The summed E-state index contributed by atoms with van der Waals surface area (Å²) in [4.78, 5) is 4.22. The van der Waals surface area contributed by atoms with Crippen molar-refractivity contribution in [3.63, 3.8) is 0 Å². The van der Waals surface area contributed by atoms with E-state index in [2.05, 4.69) is 17.2 Å². The molecular formula is C11H14ClN3. The number of nitrogens with zero attached hydrogens (tertiary/aromatic N) is 2. The van der Waals surface area contributed by atoms with Gasteiger partial charge in [-0.15, -0.1) is 11.6 Å². The highest BCUT2D eigenvalue weighted by Gasteiger charge is 2.03. The Labute approximate surface area is 94.1 Å². The normalized spacial score (nSPS) is 12.9. The summed E-state index contributed by atoms with van der Waals surface area (Å²) in [6.45, 7) is 2.85. The molecule has 1 N–H and O–H groups in total. The minimum atomic E-state index is 0.170. The molecule has 4 heteroatoms. The second-order valence-electron chi connectivity index (χ2n) is 3.45. The molecule has 3 nitrogen and oxygen atoms in total. The number of imidazole rings is 1. The van der Waals surface area contributed by atoms with E-state index in [0.717, 1.165) is 24.4 Å². The van der Waals surface area contributed by atoms with Gasteiger partial charge in [-0.05, 0) is 18.6 Å². The van der Waals surface area contributed by atoms with Crippen molar-refractivity contribution in [2.45, 2.75) is 18.7 Å². The molecule has 0 aliphatic rings. The molecule has 0 saturated carbocycles. The van der Waals surface area contributed by atoms with Gasteiger partial charge in [-0.3, -0.25) is 4.40 Å². The molecule has 0 amide bonds. The van der Waals surface area contributed by atoms with E-state index in [1.54, 1.807) is 6.20 Å². The molecule has 2 aromatic heterocycles. The molecule has 0 bridgehead atoms. The third-order valence-electron chi connectivity index (χ3n) is 2.38. The Morgan fingerprint density at radius 2 is 2.40 bits per heavy atom. The van der Waals surface area contributed by atoms with Crippen molar-refractivity contribution in [1.82, 2.24) is 9.38 Å². The lowest BCUT2D eigenvalue weighted by Crippen LogP contribution is -2.14. The monoisotopic (exact) mass is 223 g/mol. The fraction of sp³-hybridized carbons (Fsp3) is 0.364. The van der Waals surface area contributed by atoms with Crippen molar-refractivity contribution < 1.29 is 0 Å². The Morgan fingerprint density at radius 3 is 3.20 bits per heavy atom. The molecule has 0 radical (unpaired) electrons. The maximum absolute atomic E-state index is 6.05. The van der Waals surface area contributed by atoms with Crippen LogP contribution >= 0.6 is 11.6 Å². The zero-order chi connectivity index (χ0) is 10.7. The van der Waals surface area contributed by atoms with E-state index in [1.165, 1.54) is 0 Å². The molecular weight excluding hydrogens is 210 g/mol.